The van der Waals surface area contributed by atoms with E-state index in [4.69, 9.17) is 28.9 Å². The maximum atomic E-state index is 11.4. The van der Waals surface area contributed by atoms with Crippen LogP contribution in [0.5, 0.6) is 0 Å². The van der Waals surface area contributed by atoms with Crippen LogP contribution in [-0.2, 0) is 4.79 Å². The lowest BCUT2D eigenvalue weighted by atomic mass is 10.0. The van der Waals surface area contributed by atoms with Crippen molar-refractivity contribution in [3.05, 3.63) is 64.8 Å². The van der Waals surface area contributed by atoms with Crippen molar-refractivity contribution in [1.29, 1.82) is 0 Å². The Morgan fingerprint density at radius 2 is 1.83 bits per heavy atom. The zero-order valence-corrected chi connectivity index (χ0v) is 17.2. The number of nitrogen functional groups attached to an aromatic ring is 1. The highest BCUT2D eigenvalue weighted by atomic mass is 35.5. The number of carbonyl (C=O) groups excluding carboxylic acids is 1. The monoisotopic (exact) mass is 439 g/mol. The van der Waals surface area contributed by atoms with Crippen molar-refractivity contribution in [3.8, 4) is 28.2 Å². The molecular formula is C20H15Cl2N7O. The van der Waals surface area contributed by atoms with Gasteiger partial charge in [-0.1, -0.05) is 35.3 Å². The van der Waals surface area contributed by atoms with Crippen molar-refractivity contribution in [3.63, 3.8) is 0 Å². The lowest BCUT2D eigenvalue weighted by molar-refractivity contribution is -0.114. The van der Waals surface area contributed by atoms with Gasteiger partial charge in [-0.25, -0.2) is 4.98 Å². The molecule has 2 aromatic carbocycles. The van der Waals surface area contributed by atoms with Gasteiger partial charge in [-0.2, -0.15) is 4.68 Å². The Morgan fingerprint density at radius 3 is 2.57 bits per heavy atom. The number of hydrogen-bond donors (Lipinski definition) is 2. The number of aromatic nitrogens is 5. The van der Waals surface area contributed by atoms with Gasteiger partial charge in [0, 0.05) is 34.4 Å². The van der Waals surface area contributed by atoms with E-state index in [-0.39, 0.29) is 11.7 Å². The molecule has 30 heavy (non-hydrogen) atoms. The lowest BCUT2D eigenvalue weighted by Gasteiger charge is -2.10. The summed E-state index contributed by atoms with van der Waals surface area (Å²) in [6.07, 6.45) is 1.65. The van der Waals surface area contributed by atoms with Gasteiger partial charge in [0.2, 0.25) is 5.91 Å². The Bertz CT molecular complexity index is 1240. The number of halogens is 2. The Balaban J connectivity index is 1.79. The molecule has 0 atom stereocenters. The van der Waals surface area contributed by atoms with Gasteiger partial charge >= 0.3 is 0 Å². The maximum absolute atomic E-state index is 11.4. The third-order valence-electron chi connectivity index (χ3n) is 4.24. The van der Waals surface area contributed by atoms with E-state index < -0.39 is 0 Å². The third kappa shape index (κ3) is 4.10. The number of nitrogens with one attached hydrogen (secondary N) is 1. The standard InChI is InChI=1S/C20H15Cl2N7O/c1-11(30)25-16-4-2-3-12(5-16)13-6-18(19(23)24-10-13)20-26-27-28-29(20)17-8-14(21)7-15(22)9-17/h2-10H,1H3,(H2,23,24)(H,25,30). The minimum atomic E-state index is -0.150. The van der Waals surface area contributed by atoms with Crippen LogP contribution in [0.1, 0.15) is 6.92 Å². The number of tetrazole rings is 1. The van der Waals surface area contributed by atoms with Gasteiger partial charge in [0.15, 0.2) is 5.82 Å². The minimum absolute atomic E-state index is 0.150. The smallest absolute Gasteiger partial charge is 0.221 e. The van der Waals surface area contributed by atoms with Crippen molar-refractivity contribution >= 4 is 40.6 Å². The zero-order valence-electron chi connectivity index (χ0n) is 15.7. The van der Waals surface area contributed by atoms with E-state index in [2.05, 4.69) is 25.8 Å². The molecule has 0 bridgehead atoms. The molecule has 0 aliphatic rings. The Labute approximate surface area is 181 Å². The molecular weight excluding hydrogens is 425 g/mol. The number of carbonyl (C=O) groups is 1. The van der Waals surface area contributed by atoms with E-state index in [9.17, 15) is 4.79 Å². The van der Waals surface area contributed by atoms with Crippen LogP contribution in [0.2, 0.25) is 10.0 Å². The summed E-state index contributed by atoms with van der Waals surface area (Å²) in [5, 5.41) is 15.6. The molecule has 4 aromatic rings. The second kappa shape index (κ2) is 8.10. The summed E-state index contributed by atoms with van der Waals surface area (Å²) in [4.78, 5) is 15.7. The van der Waals surface area contributed by atoms with Gasteiger partial charge in [-0.15, -0.1) is 5.10 Å². The minimum Gasteiger partial charge on any atom is -0.383 e. The number of hydrogen-bond acceptors (Lipinski definition) is 6. The van der Waals surface area contributed by atoms with Gasteiger partial charge in [-0.3, -0.25) is 4.79 Å². The number of nitrogens with zero attached hydrogens (tertiary/aromatic N) is 5. The van der Waals surface area contributed by atoms with E-state index in [0.29, 0.717) is 32.8 Å². The van der Waals surface area contributed by atoms with Gasteiger partial charge in [0.1, 0.15) is 5.82 Å². The first-order chi connectivity index (χ1) is 14.4. The van der Waals surface area contributed by atoms with Crippen LogP contribution in [-0.4, -0.2) is 31.1 Å². The highest BCUT2D eigenvalue weighted by Crippen LogP contribution is 2.31. The Morgan fingerprint density at radius 1 is 1.07 bits per heavy atom. The van der Waals surface area contributed by atoms with E-state index >= 15 is 0 Å². The van der Waals surface area contributed by atoms with Gasteiger partial charge < -0.3 is 11.1 Å². The summed E-state index contributed by atoms with van der Waals surface area (Å²) in [7, 11) is 0. The average Bonchev–Trinajstić information content (AvgIpc) is 3.17. The molecule has 10 heteroatoms. The predicted octanol–water partition coefficient (Wildman–Crippen LogP) is 4.24. The average molecular weight is 440 g/mol. The Kier molecular flexibility index (Phi) is 5.35. The van der Waals surface area contributed by atoms with E-state index in [1.54, 1.807) is 30.5 Å². The molecule has 1 amide bonds. The fourth-order valence-corrected chi connectivity index (χ4v) is 3.50. The number of nitrogens with two attached hydrogens (primary N) is 1. The second-order valence-electron chi connectivity index (χ2n) is 6.46. The molecule has 0 unspecified atom stereocenters. The number of rotatable bonds is 4. The quantitative estimate of drug-likeness (QED) is 0.491. The van der Waals surface area contributed by atoms with E-state index in [1.165, 1.54) is 11.6 Å². The van der Waals surface area contributed by atoms with Crippen molar-refractivity contribution in [2.45, 2.75) is 6.92 Å². The maximum Gasteiger partial charge on any atom is 0.221 e. The highest BCUT2D eigenvalue weighted by molar-refractivity contribution is 6.34. The molecule has 4 rings (SSSR count). The predicted molar refractivity (Wildman–Crippen MR) is 117 cm³/mol. The molecule has 0 radical (unpaired) electrons. The largest absolute Gasteiger partial charge is 0.383 e. The Hall–Kier alpha value is -3.49. The first-order valence-corrected chi connectivity index (χ1v) is 9.55. The molecule has 0 aliphatic heterocycles. The van der Waals surface area contributed by atoms with Crippen LogP contribution in [0, 0.1) is 0 Å². The van der Waals surface area contributed by atoms with Crippen LogP contribution < -0.4 is 11.1 Å². The lowest BCUT2D eigenvalue weighted by Crippen LogP contribution is -2.05. The molecule has 2 heterocycles. The fraction of sp³-hybridized carbons (Fsp3) is 0.0500. The topological polar surface area (TPSA) is 112 Å². The van der Waals surface area contributed by atoms with Crippen LogP contribution in [0.25, 0.3) is 28.2 Å². The molecule has 2 aromatic heterocycles. The summed E-state index contributed by atoms with van der Waals surface area (Å²) in [5.41, 5.74) is 9.57. The normalized spacial score (nSPS) is 10.8. The van der Waals surface area contributed by atoms with Crippen molar-refractivity contribution in [2.24, 2.45) is 0 Å². The second-order valence-corrected chi connectivity index (χ2v) is 7.33. The van der Waals surface area contributed by atoms with Crippen LogP contribution in [0.3, 0.4) is 0 Å². The van der Waals surface area contributed by atoms with Gasteiger partial charge in [0.25, 0.3) is 0 Å². The van der Waals surface area contributed by atoms with Gasteiger partial charge in [0.05, 0.1) is 11.3 Å². The summed E-state index contributed by atoms with van der Waals surface area (Å²) < 4.78 is 1.49. The van der Waals surface area contributed by atoms with Crippen molar-refractivity contribution < 1.29 is 4.79 Å². The van der Waals surface area contributed by atoms with E-state index in [1.807, 2.05) is 24.3 Å². The number of anilines is 2. The highest BCUT2D eigenvalue weighted by Gasteiger charge is 2.17. The molecule has 0 saturated carbocycles. The SMILES string of the molecule is CC(=O)Nc1cccc(-c2cnc(N)c(-c3nnnn3-c3cc(Cl)cc(Cl)c3)c2)c1. The molecule has 0 spiro atoms. The van der Waals surface area contributed by atoms with Crippen LogP contribution in [0.4, 0.5) is 11.5 Å². The molecule has 0 aliphatic carbocycles. The van der Waals surface area contributed by atoms with Crippen molar-refractivity contribution in [1.82, 2.24) is 25.2 Å². The summed E-state index contributed by atoms with van der Waals surface area (Å²) >= 11 is 12.2. The first kappa shape index (κ1) is 19.8. The number of benzene rings is 2. The molecule has 0 fully saturated rings. The first-order valence-electron chi connectivity index (χ1n) is 8.79. The molecule has 0 saturated heterocycles. The molecule has 8 nitrogen and oxygen atoms in total. The van der Waals surface area contributed by atoms with Crippen LogP contribution in [0.15, 0.2) is 54.7 Å². The van der Waals surface area contributed by atoms with Gasteiger partial charge in [-0.05, 0) is 52.4 Å². The summed E-state index contributed by atoms with van der Waals surface area (Å²) in [5.74, 6) is 0.502. The molecule has 150 valence electrons. The van der Waals surface area contributed by atoms with Crippen LogP contribution >= 0.6 is 23.2 Å². The summed E-state index contributed by atoms with van der Waals surface area (Å²) in [6, 6.07) is 14.2. The number of amides is 1. The van der Waals surface area contributed by atoms with E-state index in [0.717, 1.165) is 11.1 Å². The third-order valence-corrected chi connectivity index (χ3v) is 4.67. The molecule has 3 N–H and O–H groups in total. The number of pyridine rings is 1. The summed E-state index contributed by atoms with van der Waals surface area (Å²) in [6.45, 7) is 1.46. The fourth-order valence-electron chi connectivity index (χ4n) is 2.98. The zero-order chi connectivity index (χ0) is 21.3. The van der Waals surface area contributed by atoms with Crippen molar-refractivity contribution in [2.75, 3.05) is 11.1 Å².